The monoisotopic (exact) mass is 624 g/mol. The van der Waals surface area contributed by atoms with Gasteiger partial charge >= 0.3 is 6.18 Å². The second-order valence-corrected chi connectivity index (χ2v) is 12.2. The quantitative estimate of drug-likeness (QED) is 0.233. The van der Waals surface area contributed by atoms with Crippen molar-refractivity contribution in [1.29, 1.82) is 5.26 Å². The maximum Gasteiger partial charge on any atom is 0.416 e. The standard InChI is InChI=1S/C33H39F3N6OS/c1-23(2)15-28(39-31(43)16-29-18-38-22-42(29)19-25-13-11-24(17-37)12-14-25)21-41(32(44)40-27-8-4-5-9-27)20-26-7-3-6-10-30(26)33(34,35)36/h3,6-7,10-14,18,22-23,27-28H,4-5,8-9,15-16,19-21H2,1-2H3,(H,39,43)(H,40,44)/t28-/m0/s1. The molecule has 0 spiro atoms. The highest BCUT2D eigenvalue weighted by Crippen LogP contribution is 2.32. The zero-order valence-corrected chi connectivity index (χ0v) is 25.9. The van der Waals surface area contributed by atoms with Crippen molar-refractivity contribution in [2.75, 3.05) is 6.54 Å². The van der Waals surface area contributed by atoms with Crippen LogP contribution in [0.5, 0.6) is 0 Å². The van der Waals surface area contributed by atoms with Gasteiger partial charge in [0, 0.05) is 43.6 Å². The van der Waals surface area contributed by atoms with E-state index in [1.54, 1.807) is 35.6 Å². The minimum Gasteiger partial charge on any atom is -0.360 e. The van der Waals surface area contributed by atoms with Gasteiger partial charge in [0.05, 0.1) is 29.9 Å². The highest BCUT2D eigenvalue weighted by atomic mass is 32.1. The number of rotatable bonds is 12. The first-order chi connectivity index (χ1) is 21.0. The molecule has 1 aromatic heterocycles. The van der Waals surface area contributed by atoms with E-state index in [-0.39, 0.29) is 49.0 Å². The first-order valence-electron chi connectivity index (χ1n) is 15.0. The van der Waals surface area contributed by atoms with Gasteiger partial charge in [-0.1, -0.05) is 57.0 Å². The molecule has 0 radical (unpaired) electrons. The Morgan fingerprint density at radius 2 is 1.86 bits per heavy atom. The molecule has 1 heterocycles. The Bertz CT molecular complexity index is 1440. The topological polar surface area (TPSA) is 86.0 Å². The number of nitrogens with zero attached hydrogens (tertiary/aromatic N) is 4. The third-order valence-electron chi connectivity index (χ3n) is 7.79. The Kier molecular flexibility index (Phi) is 11.4. The predicted octanol–water partition coefficient (Wildman–Crippen LogP) is 6.21. The highest BCUT2D eigenvalue weighted by molar-refractivity contribution is 7.80. The fraction of sp³-hybridized carbons (Fsp3) is 0.455. The van der Waals surface area contributed by atoms with Crippen LogP contribution in [-0.2, 0) is 30.5 Å². The van der Waals surface area contributed by atoms with Crippen molar-refractivity contribution < 1.29 is 18.0 Å². The molecule has 7 nitrogen and oxygen atoms in total. The summed E-state index contributed by atoms with van der Waals surface area (Å²) >= 11 is 5.77. The van der Waals surface area contributed by atoms with E-state index in [0.717, 1.165) is 43.0 Å². The van der Waals surface area contributed by atoms with Gasteiger partial charge in [0.25, 0.3) is 0 Å². The number of hydrogen-bond acceptors (Lipinski definition) is 4. The van der Waals surface area contributed by atoms with E-state index in [4.69, 9.17) is 17.5 Å². The van der Waals surface area contributed by atoms with Gasteiger partial charge in [-0.05, 0) is 66.7 Å². The molecule has 0 saturated heterocycles. The molecule has 2 aromatic carbocycles. The molecule has 1 amide bonds. The second-order valence-electron chi connectivity index (χ2n) is 11.9. The number of amides is 1. The summed E-state index contributed by atoms with van der Waals surface area (Å²) in [7, 11) is 0. The van der Waals surface area contributed by atoms with Crippen molar-refractivity contribution in [3.05, 3.63) is 89.0 Å². The maximum absolute atomic E-state index is 13.9. The molecule has 1 aliphatic rings. The van der Waals surface area contributed by atoms with Crippen LogP contribution in [0.2, 0.25) is 0 Å². The SMILES string of the molecule is CC(C)C[C@@H](CN(Cc1ccccc1C(F)(F)F)C(=S)NC1CCCC1)NC(=O)Cc1cncn1Cc1ccc(C#N)cc1. The number of nitriles is 1. The smallest absolute Gasteiger partial charge is 0.360 e. The summed E-state index contributed by atoms with van der Waals surface area (Å²) in [5.74, 6) is 0.0189. The highest BCUT2D eigenvalue weighted by Gasteiger charge is 2.34. The van der Waals surface area contributed by atoms with Crippen molar-refractivity contribution in [2.24, 2.45) is 5.92 Å². The van der Waals surface area contributed by atoms with Gasteiger partial charge in [-0.15, -0.1) is 0 Å². The summed E-state index contributed by atoms with van der Waals surface area (Å²) in [6.07, 6.45) is 3.66. The molecule has 0 unspecified atom stereocenters. The van der Waals surface area contributed by atoms with Crippen molar-refractivity contribution in [3.63, 3.8) is 0 Å². The number of carbonyl (C=O) groups excluding carboxylic acids is 1. The molecular weight excluding hydrogens is 585 g/mol. The lowest BCUT2D eigenvalue weighted by atomic mass is 10.0. The van der Waals surface area contributed by atoms with Crippen LogP contribution in [0.15, 0.2) is 61.1 Å². The number of carbonyl (C=O) groups is 1. The molecule has 0 bridgehead atoms. The normalized spacial score (nSPS) is 14.3. The summed E-state index contributed by atoms with van der Waals surface area (Å²) < 4.78 is 43.5. The number of hydrogen-bond donors (Lipinski definition) is 2. The van der Waals surface area contributed by atoms with Gasteiger partial charge in [-0.2, -0.15) is 18.4 Å². The number of nitrogens with one attached hydrogen (secondary N) is 2. The van der Waals surface area contributed by atoms with Crippen molar-refractivity contribution in [2.45, 2.75) is 83.7 Å². The summed E-state index contributed by atoms with van der Waals surface area (Å²) in [4.78, 5) is 19.4. The average Bonchev–Trinajstić information content (AvgIpc) is 3.64. The first kappa shape index (κ1) is 33.0. The number of alkyl halides is 3. The zero-order chi connectivity index (χ0) is 31.7. The van der Waals surface area contributed by atoms with E-state index in [1.807, 2.05) is 30.5 Å². The Morgan fingerprint density at radius 1 is 1.16 bits per heavy atom. The molecule has 11 heteroatoms. The zero-order valence-electron chi connectivity index (χ0n) is 25.1. The van der Waals surface area contributed by atoms with Gasteiger partial charge in [0.2, 0.25) is 5.91 Å². The van der Waals surface area contributed by atoms with Crippen LogP contribution in [0.25, 0.3) is 0 Å². The summed E-state index contributed by atoms with van der Waals surface area (Å²) in [6, 6.07) is 14.8. The fourth-order valence-corrected chi connectivity index (χ4v) is 5.98. The lowest BCUT2D eigenvalue weighted by Crippen LogP contribution is -2.50. The Morgan fingerprint density at radius 3 is 2.52 bits per heavy atom. The van der Waals surface area contributed by atoms with E-state index in [0.29, 0.717) is 23.6 Å². The van der Waals surface area contributed by atoms with E-state index in [9.17, 15) is 18.0 Å². The van der Waals surface area contributed by atoms with Crippen LogP contribution in [0.4, 0.5) is 13.2 Å². The summed E-state index contributed by atoms with van der Waals surface area (Å²) in [5.41, 5.74) is 1.72. The molecule has 1 saturated carbocycles. The van der Waals surface area contributed by atoms with Crippen molar-refractivity contribution in [1.82, 2.24) is 25.1 Å². The fourth-order valence-electron chi connectivity index (χ4n) is 5.67. The van der Waals surface area contributed by atoms with Gasteiger partial charge in [-0.3, -0.25) is 4.79 Å². The van der Waals surface area contributed by atoms with Gasteiger partial charge in [0.15, 0.2) is 5.11 Å². The van der Waals surface area contributed by atoms with E-state index in [2.05, 4.69) is 21.7 Å². The van der Waals surface area contributed by atoms with Gasteiger partial charge in [0.1, 0.15) is 0 Å². The molecule has 44 heavy (non-hydrogen) atoms. The average molecular weight is 625 g/mol. The molecule has 1 aliphatic carbocycles. The number of imidazole rings is 1. The van der Waals surface area contributed by atoms with Crippen LogP contribution in [0.1, 0.15) is 73.9 Å². The molecule has 1 atom stereocenters. The molecule has 3 aromatic rings. The van der Waals surface area contributed by atoms with Crippen LogP contribution in [0, 0.1) is 17.2 Å². The van der Waals surface area contributed by atoms with Crippen LogP contribution in [-0.4, -0.2) is 44.1 Å². The second kappa shape index (κ2) is 15.2. The first-order valence-corrected chi connectivity index (χ1v) is 15.4. The molecule has 1 fully saturated rings. The summed E-state index contributed by atoms with van der Waals surface area (Å²) in [6.45, 7) is 4.82. The third-order valence-corrected chi connectivity index (χ3v) is 8.17. The number of benzene rings is 2. The number of halogens is 3. The lowest BCUT2D eigenvalue weighted by molar-refractivity contribution is -0.138. The Hall–Kier alpha value is -3.91. The van der Waals surface area contributed by atoms with E-state index < -0.39 is 11.7 Å². The van der Waals surface area contributed by atoms with Crippen LogP contribution in [0.3, 0.4) is 0 Å². The summed E-state index contributed by atoms with van der Waals surface area (Å²) in [5, 5.41) is 16.0. The number of thiocarbonyl (C=S) groups is 1. The maximum atomic E-state index is 13.9. The molecular formula is C33H39F3N6OS. The van der Waals surface area contributed by atoms with Crippen LogP contribution < -0.4 is 10.6 Å². The third kappa shape index (κ3) is 9.55. The lowest BCUT2D eigenvalue weighted by Gasteiger charge is -2.33. The largest absolute Gasteiger partial charge is 0.416 e. The van der Waals surface area contributed by atoms with Crippen molar-refractivity contribution in [3.8, 4) is 6.07 Å². The molecule has 2 N–H and O–H groups in total. The number of aromatic nitrogens is 2. The van der Waals surface area contributed by atoms with E-state index in [1.165, 1.54) is 12.1 Å². The van der Waals surface area contributed by atoms with Gasteiger partial charge in [-0.25, -0.2) is 4.98 Å². The Labute approximate surface area is 262 Å². The molecule has 4 rings (SSSR count). The van der Waals surface area contributed by atoms with Crippen molar-refractivity contribution >= 4 is 23.2 Å². The minimum absolute atomic E-state index is 0.0317. The Balaban J connectivity index is 1.49. The van der Waals surface area contributed by atoms with Crippen LogP contribution >= 0.6 is 12.2 Å². The predicted molar refractivity (Wildman–Crippen MR) is 167 cm³/mol. The molecule has 234 valence electrons. The molecule has 0 aliphatic heterocycles. The van der Waals surface area contributed by atoms with E-state index >= 15 is 0 Å². The minimum atomic E-state index is -4.49. The van der Waals surface area contributed by atoms with Gasteiger partial charge < -0.3 is 20.1 Å².